The molecule has 1 aliphatic rings. The van der Waals surface area contributed by atoms with E-state index in [-0.39, 0.29) is 17.0 Å². The molecule has 0 aromatic heterocycles. The van der Waals surface area contributed by atoms with Crippen molar-refractivity contribution < 1.29 is 8.42 Å². The van der Waals surface area contributed by atoms with Crippen molar-refractivity contribution in [3.05, 3.63) is 22.7 Å². The van der Waals surface area contributed by atoms with Gasteiger partial charge in [-0.3, -0.25) is 0 Å². The zero-order valence-corrected chi connectivity index (χ0v) is 13.5. The molecule has 1 aromatic carbocycles. The van der Waals surface area contributed by atoms with Crippen molar-refractivity contribution in [2.24, 2.45) is 0 Å². The highest BCUT2D eigenvalue weighted by atomic mass is 79.9. The summed E-state index contributed by atoms with van der Waals surface area (Å²) in [5, 5.41) is 0. The summed E-state index contributed by atoms with van der Waals surface area (Å²) in [4.78, 5) is 0.197. The van der Waals surface area contributed by atoms with Crippen molar-refractivity contribution >= 4 is 31.6 Å². The topological polar surface area (TPSA) is 63.4 Å². The molecule has 0 radical (unpaired) electrons. The van der Waals surface area contributed by atoms with Crippen molar-refractivity contribution in [2.75, 3.05) is 5.73 Å². The summed E-state index contributed by atoms with van der Waals surface area (Å²) in [6, 6.07) is 4.99. The van der Waals surface area contributed by atoms with Crippen LogP contribution in [0.4, 0.5) is 5.69 Å². The Balaban J connectivity index is 2.49. The number of nitrogens with two attached hydrogens (primary N) is 1. The van der Waals surface area contributed by atoms with Crippen LogP contribution in [0.2, 0.25) is 0 Å². The summed E-state index contributed by atoms with van der Waals surface area (Å²) in [7, 11) is -3.54. The molecule has 106 valence electrons. The number of sulfonamides is 1. The molecule has 1 saturated heterocycles. The summed E-state index contributed by atoms with van der Waals surface area (Å²) in [6.07, 6.45) is 2.87. The standard InChI is InChI=1S/C13H19BrN2O2S/c1-9-4-3-5-10(2)16(9)19(17,18)13-8-11(14)6-7-12(13)15/h6-10H,3-5,15H2,1-2H3/t9-,10+. The van der Waals surface area contributed by atoms with E-state index in [1.807, 2.05) is 13.8 Å². The lowest BCUT2D eigenvalue weighted by atomic mass is 10.0. The Hall–Kier alpha value is -0.590. The number of nitrogen functional groups attached to an aromatic ring is 1. The first-order valence-electron chi connectivity index (χ1n) is 6.42. The zero-order valence-electron chi connectivity index (χ0n) is 11.1. The lowest BCUT2D eigenvalue weighted by molar-refractivity contribution is 0.204. The maximum Gasteiger partial charge on any atom is 0.245 e. The van der Waals surface area contributed by atoms with Crippen LogP contribution >= 0.6 is 15.9 Å². The molecule has 0 aliphatic carbocycles. The number of rotatable bonds is 2. The Bertz CT molecular complexity index is 564. The molecule has 0 unspecified atom stereocenters. The van der Waals surface area contributed by atoms with E-state index in [0.717, 1.165) is 23.7 Å². The van der Waals surface area contributed by atoms with E-state index in [0.29, 0.717) is 5.69 Å². The van der Waals surface area contributed by atoms with Gasteiger partial charge < -0.3 is 5.73 Å². The van der Waals surface area contributed by atoms with Crippen LogP contribution in [0.15, 0.2) is 27.6 Å². The third-order valence-electron chi connectivity index (χ3n) is 3.64. The molecular weight excluding hydrogens is 328 g/mol. The molecule has 1 aromatic rings. The summed E-state index contributed by atoms with van der Waals surface area (Å²) >= 11 is 3.30. The van der Waals surface area contributed by atoms with Crippen molar-refractivity contribution in [2.45, 2.75) is 50.1 Å². The Morgan fingerprint density at radius 1 is 1.26 bits per heavy atom. The third-order valence-corrected chi connectivity index (χ3v) is 6.32. The highest BCUT2D eigenvalue weighted by Gasteiger charge is 2.36. The second-order valence-electron chi connectivity index (χ2n) is 5.15. The van der Waals surface area contributed by atoms with Gasteiger partial charge in [-0.15, -0.1) is 0 Å². The Morgan fingerprint density at radius 2 is 1.84 bits per heavy atom. The fourth-order valence-corrected chi connectivity index (χ4v) is 5.26. The molecule has 1 fully saturated rings. The summed E-state index contributed by atoms with van der Waals surface area (Å²) in [5.41, 5.74) is 6.15. The van der Waals surface area contributed by atoms with Gasteiger partial charge in [-0.2, -0.15) is 4.31 Å². The van der Waals surface area contributed by atoms with Gasteiger partial charge >= 0.3 is 0 Å². The number of nitrogens with zero attached hydrogens (tertiary/aromatic N) is 1. The van der Waals surface area contributed by atoms with Crippen molar-refractivity contribution in [3.63, 3.8) is 0 Å². The zero-order chi connectivity index (χ0) is 14.2. The van der Waals surface area contributed by atoms with Gasteiger partial charge in [0.25, 0.3) is 0 Å². The highest BCUT2D eigenvalue weighted by molar-refractivity contribution is 9.10. The van der Waals surface area contributed by atoms with Crippen LogP contribution in [0.25, 0.3) is 0 Å². The minimum absolute atomic E-state index is 0.0205. The van der Waals surface area contributed by atoms with Crippen LogP contribution in [0, 0.1) is 0 Å². The smallest absolute Gasteiger partial charge is 0.245 e. The van der Waals surface area contributed by atoms with Crippen LogP contribution in [0.3, 0.4) is 0 Å². The second-order valence-corrected chi connectivity index (χ2v) is 7.87. The summed E-state index contributed by atoms with van der Waals surface area (Å²) in [5.74, 6) is 0. The molecule has 4 nitrogen and oxygen atoms in total. The molecule has 2 rings (SSSR count). The number of hydrogen-bond donors (Lipinski definition) is 1. The van der Waals surface area contributed by atoms with E-state index in [4.69, 9.17) is 5.73 Å². The fraction of sp³-hybridized carbons (Fsp3) is 0.538. The number of benzene rings is 1. The third kappa shape index (κ3) is 2.80. The van der Waals surface area contributed by atoms with Gasteiger partial charge in [0.15, 0.2) is 0 Å². The molecule has 0 saturated carbocycles. The van der Waals surface area contributed by atoms with E-state index < -0.39 is 10.0 Å². The number of anilines is 1. The van der Waals surface area contributed by atoms with Gasteiger partial charge in [0.1, 0.15) is 4.90 Å². The minimum atomic E-state index is -3.54. The van der Waals surface area contributed by atoms with E-state index in [2.05, 4.69) is 15.9 Å². The minimum Gasteiger partial charge on any atom is -0.398 e. The lowest BCUT2D eigenvalue weighted by Gasteiger charge is -2.37. The molecule has 2 N–H and O–H groups in total. The van der Waals surface area contributed by atoms with E-state index in [1.165, 1.54) is 0 Å². The average molecular weight is 347 g/mol. The molecule has 6 heteroatoms. The monoisotopic (exact) mass is 346 g/mol. The average Bonchev–Trinajstić information content (AvgIpc) is 2.31. The number of piperidine rings is 1. The van der Waals surface area contributed by atoms with Crippen LogP contribution in [-0.4, -0.2) is 24.8 Å². The van der Waals surface area contributed by atoms with Crippen LogP contribution < -0.4 is 5.73 Å². The number of hydrogen-bond acceptors (Lipinski definition) is 3. The maximum absolute atomic E-state index is 12.8. The van der Waals surface area contributed by atoms with Gasteiger partial charge in [0, 0.05) is 16.6 Å². The van der Waals surface area contributed by atoms with Gasteiger partial charge in [-0.25, -0.2) is 8.42 Å². The van der Waals surface area contributed by atoms with Crippen LogP contribution in [-0.2, 0) is 10.0 Å². The first-order valence-corrected chi connectivity index (χ1v) is 8.66. The maximum atomic E-state index is 12.8. The SMILES string of the molecule is C[C@@H]1CCC[C@H](C)N1S(=O)(=O)c1cc(Br)ccc1N. The molecule has 0 amide bonds. The van der Waals surface area contributed by atoms with Gasteiger partial charge in [-0.1, -0.05) is 22.4 Å². The lowest BCUT2D eigenvalue weighted by Crippen LogP contribution is -2.47. The van der Waals surface area contributed by atoms with E-state index in [9.17, 15) is 8.42 Å². The second kappa shape index (κ2) is 5.42. The van der Waals surface area contributed by atoms with Gasteiger partial charge in [0.2, 0.25) is 10.0 Å². The molecular formula is C13H19BrN2O2S. The van der Waals surface area contributed by atoms with E-state index >= 15 is 0 Å². The van der Waals surface area contributed by atoms with Crippen molar-refractivity contribution in [1.82, 2.24) is 4.31 Å². The van der Waals surface area contributed by atoms with Crippen LogP contribution in [0.1, 0.15) is 33.1 Å². The fourth-order valence-electron chi connectivity index (χ4n) is 2.72. The molecule has 0 bridgehead atoms. The molecule has 0 spiro atoms. The Kier molecular flexibility index (Phi) is 4.23. The molecule has 19 heavy (non-hydrogen) atoms. The molecule has 1 aliphatic heterocycles. The van der Waals surface area contributed by atoms with E-state index in [1.54, 1.807) is 22.5 Å². The molecule has 1 heterocycles. The van der Waals surface area contributed by atoms with Crippen molar-refractivity contribution in [3.8, 4) is 0 Å². The van der Waals surface area contributed by atoms with Crippen molar-refractivity contribution in [1.29, 1.82) is 0 Å². The quantitative estimate of drug-likeness (QED) is 0.837. The Morgan fingerprint density at radius 3 is 2.42 bits per heavy atom. The first-order chi connectivity index (χ1) is 8.84. The van der Waals surface area contributed by atoms with Gasteiger partial charge in [0.05, 0.1) is 5.69 Å². The normalized spacial score (nSPS) is 25.4. The predicted molar refractivity (Wildman–Crippen MR) is 80.4 cm³/mol. The Labute approximate surface area is 123 Å². The summed E-state index contributed by atoms with van der Waals surface area (Å²) in [6.45, 7) is 3.92. The van der Waals surface area contributed by atoms with Crippen LogP contribution in [0.5, 0.6) is 0 Å². The predicted octanol–water partition coefficient (Wildman–Crippen LogP) is 2.98. The molecule has 2 atom stereocenters. The first kappa shape index (κ1) is 14.8. The summed E-state index contributed by atoms with van der Waals surface area (Å²) < 4.78 is 27.9. The largest absolute Gasteiger partial charge is 0.398 e. The number of halogens is 1. The highest BCUT2D eigenvalue weighted by Crippen LogP contribution is 2.32. The van der Waals surface area contributed by atoms with Gasteiger partial charge in [-0.05, 0) is 44.9 Å².